The molecule has 0 radical (unpaired) electrons. The first-order valence-electron chi connectivity index (χ1n) is 10.2. The number of amides is 1. The number of hydrogen-bond donors (Lipinski definition) is 0. The van der Waals surface area contributed by atoms with Crippen molar-refractivity contribution in [3.63, 3.8) is 0 Å². The molecule has 1 atom stereocenters. The molecule has 158 valence electrons. The third-order valence-corrected chi connectivity index (χ3v) is 5.54. The fourth-order valence-electron chi connectivity index (χ4n) is 3.83. The second-order valence-corrected chi connectivity index (χ2v) is 7.55. The number of aryl methyl sites for hydroxylation is 4. The van der Waals surface area contributed by atoms with Gasteiger partial charge in [-0.2, -0.15) is 0 Å². The third-order valence-electron chi connectivity index (χ3n) is 5.54. The van der Waals surface area contributed by atoms with Crippen molar-refractivity contribution in [2.45, 2.75) is 46.6 Å². The van der Waals surface area contributed by atoms with Crippen molar-refractivity contribution in [2.75, 3.05) is 19.7 Å². The zero-order valence-corrected chi connectivity index (χ0v) is 17.8. The number of morpholine rings is 1. The number of nitrogens with zero attached hydrogens (tertiary/aromatic N) is 4. The molecule has 0 unspecified atom stereocenters. The van der Waals surface area contributed by atoms with Gasteiger partial charge in [0.05, 0.1) is 47.9 Å². The largest absolute Gasteiger partial charge is 0.368 e. The highest BCUT2D eigenvalue weighted by molar-refractivity contribution is 5.79. The van der Waals surface area contributed by atoms with Gasteiger partial charge in [-0.15, -0.1) is 0 Å². The molecule has 1 saturated heterocycles. The van der Waals surface area contributed by atoms with Gasteiger partial charge in [-0.3, -0.25) is 4.79 Å². The smallest absolute Gasteiger partial charge is 0.227 e. The van der Waals surface area contributed by atoms with E-state index in [1.165, 1.54) is 0 Å². The Labute approximate surface area is 175 Å². The van der Waals surface area contributed by atoms with Crippen LogP contribution in [-0.4, -0.2) is 45.8 Å². The summed E-state index contributed by atoms with van der Waals surface area (Å²) in [5.74, 6) is 1.55. The van der Waals surface area contributed by atoms with E-state index in [4.69, 9.17) is 18.8 Å². The summed E-state index contributed by atoms with van der Waals surface area (Å²) in [5, 5.41) is 8.02. The van der Waals surface area contributed by atoms with Crippen molar-refractivity contribution < 1.29 is 18.6 Å². The van der Waals surface area contributed by atoms with E-state index < -0.39 is 0 Å². The molecule has 8 nitrogen and oxygen atoms in total. The Morgan fingerprint density at radius 3 is 2.70 bits per heavy atom. The minimum absolute atomic E-state index is 0.0389. The molecule has 4 heterocycles. The Kier molecular flexibility index (Phi) is 5.67. The maximum Gasteiger partial charge on any atom is 0.227 e. The molecule has 3 aromatic heterocycles. The van der Waals surface area contributed by atoms with Crippen molar-refractivity contribution in [3.8, 4) is 11.3 Å². The van der Waals surface area contributed by atoms with Crippen LogP contribution in [0.15, 0.2) is 27.2 Å². The molecular weight excluding hydrogens is 384 g/mol. The van der Waals surface area contributed by atoms with Crippen LogP contribution in [0.3, 0.4) is 0 Å². The van der Waals surface area contributed by atoms with E-state index in [-0.39, 0.29) is 18.4 Å². The Morgan fingerprint density at radius 1 is 1.17 bits per heavy atom. The summed E-state index contributed by atoms with van der Waals surface area (Å²) in [6.45, 7) is 9.12. The predicted octanol–water partition coefficient (Wildman–Crippen LogP) is 3.35. The lowest BCUT2D eigenvalue weighted by molar-refractivity contribution is -0.138. The monoisotopic (exact) mass is 410 g/mol. The molecule has 3 aromatic rings. The lowest BCUT2D eigenvalue weighted by Crippen LogP contribution is -2.43. The standard InChI is InChI=1S/C22H26N4O4/c1-5-19-22(14(3)25-30-19)18-8-6-7-17(23-18)20-12-26(9-10-28-20)21(27)11-16-13(2)24-29-15(16)4/h6-8,20H,5,9-12H2,1-4H3/t20-/m0/s1. The first-order chi connectivity index (χ1) is 14.5. The van der Waals surface area contributed by atoms with Crippen molar-refractivity contribution in [1.29, 1.82) is 0 Å². The van der Waals surface area contributed by atoms with Gasteiger partial charge in [-0.05, 0) is 32.9 Å². The van der Waals surface area contributed by atoms with Crippen LogP contribution in [0, 0.1) is 20.8 Å². The molecule has 0 bridgehead atoms. The van der Waals surface area contributed by atoms with Crippen LogP contribution < -0.4 is 0 Å². The molecule has 0 N–H and O–H groups in total. The van der Waals surface area contributed by atoms with Gasteiger partial charge in [0.15, 0.2) is 0 Å². The van der Waals surface area contributed by atoms with Crippen molar-refractivity contribution in [1.82, 2.24) is 20.2 Å². The second kappa shape index (κ2) is 8.39. The van der Waals surface area contributed by atoms with Crippen LogP contribution in [0.2, 0.25) is 0 Å². The molecule has 4 rings (SSSR count). The predicted molar refractivity (Wildman–Crippen MR) is 109 cm³/mol. The highest BCUT2D eigenvalue weighted by Crippen LogP contribution is 2.29. The molecule has 0 saturated carbocycles. The van der Waals surface area contributed by atoms with Gasteiger partial charge in [0.1, 0.15) is 17.6 Å². The van der Waals surface area contributed by atoms with Gasteiger partial charge in [0, 0.05) is 18.5 Å². The van der Waals surface area contributed by atoms with Crippen LogP contribution in [-0.2, 0) is 22.4 Å². The number of carbonyl (C=O) groups is 1. The number of hydrogen-bond acceptors (Lipinski definition) is 7. The van der Waals surface area contributed by atoms with Crippen molar-refractivity contribution in [3.05, 3.63) is 52.4 Å². The molecule has 0 spiro atoms. The molecule has 30 heavy (non-hydrogen) atoms. The van der Waals surface area contributed by atoms with Crippen molar-refractivity contribution >= 4 is 5.91 Å². The normalized spacial score (nSPS) is 16.8. The Bertz CT molecular complexity index is 1040. The molecule has 1 aliphatic rings. The number of carbonyl (C=O) groups excluding carboxylic acids is 1. The average molecular weight is 410 g/mol. The zero-order chi connectivity index (χ0) is 21.3. The molecule has 8 heteroatoms. The van der Waals surface area contributed by atoms with Crippen LogP contribution in [0.25, 0.3) is 11.3 Å². The summed E-state index contributed by atoms with van der Waals surface area (Å²) < 4.78 is 16.6. The number of rotatable bonds is 5. The fraction of sp³-hybridized carbons (Fsp3) is 0.455. The highest BCUT2D eigenvalue weighted by atomic mass is 16.5. The van der Waals surface area contributed by atoms with Gasteiger partial charge >= 0.3 is 0 Å². The van der Waals surface area contributed by atoms with Crippen molar-refractivity contribution in [2.24, 2.45) is 0 Å². The van der Waals surface area contributed by atoms with Gasteiger partial charge < -0.3 is 18.7 Å². The second-order valence-electron chi connectivity index (χ2n) is 7.55. The fourth-order valence-corrected chi connectivity index (χ4v) is 3.83. The van der Waals surface area contributed by atoms with E-state index in [2.05, 4.69) is 10.3 Å². The van der Waals surface area contributed by atoms with Gasteiger partial charge in [0.2, 0.25) is 5.91 Å². The number of ether oxygens (including phenoxy) is 1. The van der Waals surface area contributed by atoms with E-state index >= 15 is 0 Å². The van der Waals surface area contributed by atoms with Gasteiger partial charge in [-0.25, -0.2) is 4.98 Å². The first kappa shape index (κ1) is 20.3. The maximum absolute atomic E-state index is 12.9. The lowest BCUT2D eigenvalue weighted by Gasteiger charge is -2.33. The summed E-state index contributed by atoms with van der Waals surface area (Å²) >= 11 is 0. The molecule has 1 fully saturated rings. The molecule has 0 aliphatic carbocycles. The number of pyridine rings is 1. The molecular formula is C22H26N4O4. The quantitative estimate of drug-likeness (QED) is 0.636. The lowest BCUT2D eigenvalue weighted by atomic mass is 10.1. The Morgan fingerprint density at radius 2 is 1.97 bits per heavy atom. The van der Waals surface area contributed by atoms with E-state index in [9.17, 15) is 4.79 Å². The first-order valence-corrected chi connectivity index (χ1v) is 10.2. The maximum atomic E-state index is 12.9. The average Bonchev–Trinajstić information content (AvgIpc) is 3.30. The molecule has 1 aliphatic heterocycles. The number of aromatic nitrogens is 3. The van der Waals surface area contributed by atoms with Gasteiger partial charge in [-0.1, -0.05) is 23.3 Å². The van der Waals surface area contributed by atoms with E-state index in [1.807, 2.05) is 50.8 Å². The zero-order valence-electron chi connectivity index (χ0n) is 17.8. The Hall–Kier alpha value is -3.00. The summed E-state index contributed by atoms with van der Waals surface area (Å²) in [6.07, 6.45) is 0.741. The Balaban J connectivity index is 1.52. The summed E-state index contributed by atoms with van der Waals surface area (Å²) in [4.78, 5) is 19.5. The van der Waals surface area contributed by atoms with Crippen LogP contribution in [0.5, 0.6) is 0 Å². The van der Waals surface area contributed by atoms with Crippen LogP contribution in [0.1, 0.15) is 47.2 Å². The molecule has 0 aromatic carbocycles. The summed E-state index contributed by atoms with van der Waals surface area (Å²) in [7, 11) is 0. The van der Waals surface area contributed by atoms with Crippen LogP contribution >= 0.6 is 0 Å². The van der Waals surface area contributed by atoms with E-state index in [0.717, 1.165) is 46.1 Å². The van der Waals surface area contributed by atoms with Gasteiger partial charge in [0.25, 0.3) is 0 Å². The SMILES string of the molecule is CCc1onc(C)c1-c1cccc([C@@H]2CN(C(=O)Cc3c(C)noc3C)CCO2)n1. The highest BCUT2D eigenvalue weighted by Gasteiger charge is 2.28. The molecule has 1 amide bonds. The van der Waals surface area contributed by atoms with Crippen LogP contribution in [0.4, 0.5) is 0 Å². The van der Waals surface area contributed by atoms with E-state index in [1.54, 1.807) is 0 Å². The third kappa shape index (κ3) is 3.87. The minimum Gasteiger partial charge on any atom is -0.368 e. The summed E-state index contributed by atoms with van der Waals surface area (Å²) in [6, 6.07) is 5.84. The summed E-state index contributed by atoms with van der Waals surface area (Å²) in [5.41, 5.74) is 4.98. The van der Waals surface area contributed by atoms with E-state index in [0.29, 0.717) is 25.5 Å². The minimum atomic E-state index is -0.280. The topological polar surface area (TPSA) is 94.5 Å².